The van der Waals surface area contributed by atoms with Crippen LogP contribution >= 0.6 is 0 Å². The molecule has 2 fully saturated rings. The molecule has 2 heterocycles. The van der Waals surface area contributed by atoms with Crippen molar-refractivity contribution < 1.29 is 18.4 Å². The summed E-state index contributed by atoms with van der Waals surface area (Å²) in [5.41, 5.74) is 0.883. The van der Waals surface area contributed by atoms with Crippen molar-refractivity contribution >= 4 is 11.8 Å². The van der Waals surface area contributed by atoms with Crippen LogP contribution in [0.2, 0.25) is 0 Å². The van der Waals surface area contributed by atoms with E-state index in [4.69, 9.17) is 0 Å². The Morgan fingerprint density at radius 2 is 1.90 bits per heavy atom. The number of nitrogens with zero attached hydrogens (tertiary/aromatic N) is 2. The molecular weight excluding hydrogens is 376 g/mol. The summed E-state index contributed by atoms with van der Waals surface area (Å²) in [5, 5.41) is 2.83. The molecule has 0 spiro atoms. The summed E-state index contributed by atoms with van der Waals surface area (Å²) in [7, 11) is 0. The molecule has 4 rings (SSSR count). The second-order valence-electron chi connectivity index (χ2n) is 7.82. The molecule has 29 heavy (non-hydrogen) atoms. The van der Waals surface area contributed by atoms with E-state index in [1.807, 2.05) is 4.90 Å². The predicted octanol–water partition coefficient (Wildman–Crippen LogP) is 3.13. The van der Waals surface area contributed by atoms with E-state index in [1.165, 1.54) is 18.3 Å². The second kappa shape index (κ2) is 8.27. The number of carbonyl (C=O) groups is 2. The highest BCUT2D eigenvalue weighted by Gasteiger charge is 2.47. The van der Waals surface area contributed by atoms with Gasteiger partial charge in [0.2, 0.25) is 11.9 Å². The summed E-state index contributed by atoms with van der Waals surface area (Å²) in [6.07, 6.45) is 3.57. The van der Waals surface area contributed by atoms with Gasteiger partial charge in [-0.25, -0.2) is 9.37 Å². The summed E-state index contributed by atoms with van der Waals surface area (Å²) < 4.78 is 27.0. The summed E-state index contributed by atoms with van der Waals surface area (Å²) >= 11 is 0. The molecule has 7 heteroatoms. The van der Waals surface area contributed by atoms with E-state index in [-0.39, 0.29) is 40.9 Å². The molecule has 5 nitrogen and oxygen atoms in total. The standard InChI is InChI=1S/C22H23F2N3O2/c23-19-4-2-1-3-16(19)17-12-18(17)22(29)27-9-6-14(7-10-27)13-26-21(28)15-5-8-25-20(24)11-15/h1-5,8,11,14,17-18H,6-7,9-10,12-13H2,(H,26,28). The van der Waals surface area contributed by atoms with Crippen molar-refractivity contribution in [3.8, 4) is 0 Å². The fourth-order valence-corrected chi connectivity index (χ4v) is 4.06. The molecule has 2 aliphatic rings. The Kier molecular flexibility index (Phi) is 5.56. The van der Waals surface area contributed by atoms with E-state index in [9.17, 15) is 18.4 Å². The van der Waals surface area contributed by atoms with E-state index in [1.54, 1.807) is 18.2 Å². The van der Waals surface area contributed by atoms with Gasteiger partial charge in [0.15, 0.2) is 0 Å². The number of rotatable bonds is 5. The molecular formula is C22H23F2N3O2. The lowest BCUT2D eigenvalue weighted by Crippen LogP contribution is -2.42. The van der Waals surface area contributed by atoms with E-state index >= 15 is 0 Å². The number of hydrogen-bond acceptors (Lipinski definition) is 3. The molecule has 2 amide bonds. The van der Waals surface area contributed by atoms with Gasteiger partial charge in [-0.2, -0.15) is 4.39 Å². The van der Waals surface area contributed by atoms with Crippen molar-refractivity contribution in [2.75, 3.05) is 19.6 Å². The quantitative estimate of drug-likeness (QED) is 0.786. The number of likely N-dealkylation sites (tertiary alicyclic amines) is 1. The Hall–Kier alpha value is -2.83. The first-order chi connectivity index (χ1) is 14.0. The van der Waals surface area contributed by atoms with Gasteiger partial charge in [-0.05, 0) is 48.8 Å². The Morgan fingerprint density at radius 3 is 2.62 bits per heavy atom. The molecule has 0 radical (unpaired) electrons. The Labute approximate surface area is 168 Å². The third-order valence-electron chi connectivity index (χ3n) is 5.88. The van der Waals surface area contributed by atoms with Gasteiger partial charge in [0.25, 0.3) is 5.91 Å². The Morgan fingerprint density at radius 1 is 1.14 bits per heavy atom. The van der Waals surface area contributed by atoms with Gasteiger partial charge in [0, 0.05) is 43.4 Å². The molecule has 0 bridgehead atoms. The number of amides is 2. The summed E-state index contributed by atoms with van der Waals surface area (Å²) in [4.78, 5) is 30.1. The van der Waals surface area contributed by atoms with Gasteiger partial charge in [-0.3, -0.25) is 9.59 Å². The van der Waals surface area contributed by atoms with Crippen molar-refractivity contribution in [1.29, 1.82) is 0 Å². The van der Waals surface area contributed by atoms with Gasteiger partial charge in [-0.1, -0.05) is 18.2 Å². The lowest BCUT2D eigenvalue weighted by molar-refractivity contribution is -0.134. The minimum atomic E-state index is -0.682. The smallest absolute Gasteiger partial charge is 0.251 e. The van der Waals surface area contributed by atoms with Gasteiger partial charge in [0.1, 0.15) is 5.82 Å². The molecule has 1 N–H and O–H groups in total. The van der Waals surface area contributed by atoms with Crippen LogP contribution in [-0.2, 0) is 4.79 Å². The topological polar surface area (TPSA) is 62.3 Å². The predicted molar refractivity (Wildman–Crippen MR) is 103 cm³/mol. The third-order valence-corrected chi connectivity index (χ3v) is 5.88. The SMILES string of the molecule is O=C(NCC1CCN(C(=O)C2CC2c2ccccc2F)CC1)c1ccnc(F)c1. The highest BCUT2D eigenvalue weighted by molar-refractivity contribution is 5.94. The molecule has 2 atom stereocenters. The fourth-order valence-electron chi connectivity index (χ4n) is 4.06. The summed E-state index contributed by atoms with van der Waals surface area (Å²) in [6, 6.07) is 9.25. The molecule has 1 aromatic carbocycles. The van der Waals surface area contributed by atoms with Crippen molar-refractivity contribution in [2.24, 2.45) is 11.8 Å². The molecule has 1 saturated carbocycles. The average molecular weight is 399 g/mol. The summed E-state index contributed by atoms with van der Waals surface area (Å²) in [6.45, 7) is 1.78. The van der Waals surface area contributed by atoms with Gasteiger partial charge in [0.05, 0.1) is 0 Å². The number of aromatic nitrogens is 1. The highest BCUT2D eigenvalue weighted by Crippen LogP contribution is 2.49. The molecule has 1 saturated heterocycles. The van der Waals surface area contributed by atoms with Crippen LogP contribution in [0.5, 0.6) is 0 Å². The van der Waals surface area contributed by atoms with Gasteiger partial charge in [-0.15, -0.1) is 0 Å². The van der Waals surface area contributed by atoms with Crippen LogP contribution in [0.3, 0.4) is 0 Å². The van der Waals surface area contributed by atoms with Crippen LogP contribution in [0.1, 0.15) is 41.1 Å². The molecule has 2 aromatic rings. The van der Waals surface area contributed by atoms with Crippen LogP contribution in [0.15, 0.2) is 42.6 Å². The molecule has 1 aromatic heterocycles. The van der Waals surface area contributed by atoms with E-state index in [0.717, 1.165) is 18.9 Å². The third kappa shape index (κ3) is 4.44. The van der Waals surface area contributed by atoms with E-state index < -0.39 is 5.95 Å². The molecule has 1 aliphatic heterocycles. The first kappa shape index (κ1) is 19.5. The lowest BCUT2D eigenvalue weighted by atomic mass is 9.96. The second-order valence-corrected chi connectivity index (χ2v) is 7.82. The maximum atomic E-state index is 13.9. The molecule has 152 valence electrons. The van der Waals surface area contributed by atoms with Crippen molar-refractivity contribution in [2.45, 2.75) is 25.2 Å². The maximum absolute atomic E-state index is 13.9. The minimum Gasteiger partial charge on any atom is -0.352 e. The molecule has 2 unspecified atom stereocenters. The van der Waals surface area contributed by atoms with E-state index in [0.29, 0.717) is 31.6 Å². The normalized spacial score (nSPS) is 21.7. The summed E-state index contributed by atoms with van der Waals surface area (Å²) in [5.74, 6) is -1.000. The number of halogens is 2. The average Bonchev–Trinajstić information content (AvgIpc) is 3.53. The monoisotopic (exact) mass is 399 g/mol. The highest BCUT2D eigenvalue weighted by atomic mass is 19.1. The maximum Gasteiger partial charge on any atom is 0.251 e. The van der Waals surface area contributed by atoms with Gasteiger partial charge < -0.3 is 10.2 Å². The zero-order chi connectivity index (χ0) is 20.4. The Bertz CT molecular complexity index is 912. The number of piperidine rings is 1. The van der Waals surface area contributed by atoms with Gasteiger partial charge >= 0.3 is 0 Å². The Balaban J connectivity index is 1.23. The van der Waals surface area contributed by atoms with Crippen molar-refractivity contribution in [3.63, 3.8) is 0 Å². The van der Waals surface area contributed by atoms with E-state index in [2.05, 4.69) is 10.3 Å². The first-order valence-electron chi connectivity index (χ1n) is 9.96. The fraction of sp³-hybridized carbons (Fsp3) is 0.409. The number of nitrogens with one attached hydrogen (secondary N) is 1. The van der Waals surface area contributed by atoms with Crippen molar-refractivity contribution in [3.05, 3.63) is 65.5 Å². The number of hydrogen-bond donors (Lipinski definition) is 1. The zero-order valence-corrected chi connectivity index (χ0v) is 16.0. The van der Waals surface area contributed by atoms with Crippen LogP contribution < -0.4 is 5.32 Å². The zero-order valence-electron chi connectivity index (χ0n) is 16.0. The van der Waals surface area contributed by atoms with Crippen LogP contribution in [0.4, 0.5) is 8.78 Å². The first-order valence-corrected chi connectivity index (χ1v) is 9.96. The number of carbonyl (C=O) groups excluding carboxylic acids is 2. The largest absolute Gasteiger partial charge is 0.352 e. The number of benzene rings is 1. The van der Waals surface area contributed by atoms with Crippen LogP contribution in [0, 0.1) is 23.6 Å². The number of pyridine rings is 1. The molecule has 1 aliphatic carbocycles. The van der Waals surface area contributed by atoms with Crippen molar-refractivity contribution in [1.82, 2.24) is 15.2 Å². The van der Waals surface area contributed by atoms with Crippen LogP contribution in [0.25, 0.3) is 0 Å². The minimum absolute atomic E-state index is 0.0125. The lowest BCUT2D eigenvalue weighted by Gasteiger charge is -2.32. The van der Waals surface area contributed by atoms with Crippen LogP contribution in [-0.4, -0.2) is 41.3 Å².